The Hall–Kier alpha value is -3.39. The number of anilines is 2. The number of aromatic carboxylic acids is 1. The maximum absolute atomic E-state index is 16.0. The number of nitrogens with zero attached hydrogens (tertiary/aromatic N) is 1. The van der Waals surface area contributed by atoms with Gasteiger partial charge in [0.05, 0.1) is 22.3 Å². The van der Waals surface area contributed by atoms with E-state index in [9.17, 15) is 14.7 Å². The van der Waals surface area contributed by atoms with Crippen LogP contribution >= 0.6 is 0 Å². The van der Waals surface area contributed by atoms with Gasteiger partial charge in [0.15, 0.2) is 5.82 Å². The first-order chi connectivity index (χ1) is 18.1. The molecule has 38 heavy (non-hydrogen) atoms. The third-order valence-electron chi connectivity index (χ3n) is 7.90. The predicted molar refractivity (Wildman–Crippen MR) is 150 cm³/mol. The summed E-state index contributed by atoms with van der Waals surface area (Å²) in [4.78, 5) is 25.0. The highest BCUT2D eigenvalue weighted by Gasteiger charge is 2.46. The summed E-state index contributed by atoms with van der Waals surface area (Å²) >= 11 is 0. The molecule has 1 aromatic heterocycles. The average Bonchev–Trinajstić information content (AvgIpc) is 3.63. The maximum atomic E-state index is 16.0. The summed E-state index contributed by atoms with van der Waals surface area (Å²) in [6, 6.07) is 12.9. The SMILES string of the molecule is CCCNc1c(F)c(NC2(C)CC(N[C@@H]3C[C@H]3c3ccccc3)C2)cc2c1c(=O)c(C(=O)O)cn2C(C)C. The van der Waals surface area contributed by atoms with Gasteiger partial charge in [0.2, 0.25) is 5.43 Å². The molecule has 2 fully saturated rings. The van der Waals surface area contributed by atoms with Gasteiger partial charge in [0.25, 0.3) is 0 Å². The summed E-state index contributed by atoms with van der Waals surface area (Å²) in [6.45, 7) is 8.33. The first-order valence-electron chi connectivity index (χ1n) is 13.6. The molecule has 0 radical (unpaired) electrons. The molecule has 0 unspecified atom stereocenters. The molecule has 1 heterocycles. The van der Waals surface area contributed by atoms with Crippen LogP contribution in [-0.4, -0.2) is 39.8 Å². The van der Waals surface area contributed by atoms with E-state index in [4.69, 9.17) is 0 Å². The monoisotopic (exact) mass is 520 g/mol. The standard InChI is InChI=1S/C30H37FN4O3/c1-5-11-32-27-25-24(35(17(2)3)16-21(28(25)36)29(37)38)13-23(26(27)31)34-30(4)14-19(15-30)33-22-12-20(22)18-9-7-6-8-10-18/h6-10,13,16-17,19-20,22,32-34H,5,11-12,14-15H2,1-4H3,(H,37,38)/t19?,20-,22+,30?/m0/s1. The number of aromatic nitrogens is 1. The van der Waals surface area contributed by atoms with Crippen molar-refractivity contribution in [2.24, 2.45) is 0 Å². The summed E-state index contributed by atoms with van der Waals surface area (Å²) in [5.74, 6) is -1.31. The summed E-state index contributed by atoms with van der Waals surface area (Å²) in [5, 5.41) is 20.0. The number of fused-ring (bicyclic) bond motifs is 1. The molecule has 2 aliphatic carbocycles. The van der Waals surface area contributed by atoms with Crippen molar-refractivity contribution in [3.05, 3.63) is 69.8 Å². The van der Waals surface area contributed by atoms with Crippen LogP contribution in [0.2, 0.25) is 0 Å². The maximum Gasteiger partial charge on any atom is 0.341 e. The van der Waals surface area contributed by atoms with Crippen LogP contribution in [0.5, 0.6) is 0 Å². The van der Waals surface area contributed by atoms with Gasteiger partial charge in [-0.1, -0.05) is 37.3 Å². The Morgan fingerprint density at radius 2 is 1.95 bits per heavy atom. The van der Waals surface area contributed by atoms with Gasteiger partial charge in [-0.15, -0.1) is 0 Å². The first kappa shape index (κ1) is 26.2. The number of carbonyl (C=O) groups is 1. The van der Waals surface area contributed by atoms with E-state index in [1.807, 2.05) is 26.8 Å². The van der Waals surface area contributed by atoms with Crippen LogP contribution in [0.25, 0.3) is 10.9 Å². The lowest BCUT2D eigenvalue weighted by molar-refractivity contribution is 0.0694. The largest absolute Gasteiger partial charge is 0.477 e. The average molecular weight is 521 g/mol. The smallest absolute Gasteiger partial charge is 0.341 e. The lowest BCUT2D eigenvalue weighted by Gasteiger charge is -2.47. The molecule has 0 aliphatic heterocycles. The van der Waals surface area contributed by atoms with Crippen molar-refractivity contribution in [2.75, 3.05) is 17.2 Å². The van der Waals surface area contributed by atoms with Gasteiger partial charge in [0, 0.05) is 42.3 Å². The third kappa shape index (κ3) is 4.89. The first-order valence-corrected chi connectivity index (χ1v) is 13.6. The minimum Gasteiger partial charge on any atom is -0.477 e. The molecule has 0 spiro atoms. The van der Waals surface area contributed by atoms with Gasteiger partial charge in [-0.05, 0) is 58.1 Å². The van der Waals surface area contributed by atoms with E-state index in [-0.39, 0.29) is 28.2 Å². The number of carboxylic acid groups (broad SMARTS) is 1. The van der Waals surface area contributed by atoms with Crippen LogP contribution in [-0.2, 0) is 0 Å². The minimum absolute atomic E-state index is 0.0654. The molecule has 3 aromatic rings. The molecule has 2 aliphatic rings. The second-order valence-corrected chi connectivity index (χ2v) is 11.4. The van der Waals surface area contributed by atoms with E-state index in [0.717, 1.165) is 25.7 Å². The lowest BCUT2D eigenvalue weighted by atomic mass is 9.73. The van der Waals surface area contributed by atoms with Crippen molar-refractivity contribution in [1.29, 1.82) is 0 Å². The number of carboxylic acids is 1. The zero-order chi connectivity index (χ0) is 27.2. The fourth-order valence-electron chi connectivity index (χ4n) is 5.89. The molecule has 7 nitrogen and oxygen atoms in total. The second-order valence-electron chi connectivity index (χ2n) is 11.4. The minimum atomic E-state index is -1.32. The fourth-order valence-corrected chi connectivity index (χ4v) is 5.89. The summed E-state index contributed by atoms with van der Waals surface area (Å²) < 4.78 is 17.7. The molecule has 0 saturated heterocycles. The van der Waals surface area contributed by atoms with Crippen molar-refractivity contribution in [2.45, 2.75) is 83.0 Å². The van der Waals surface area contributed by atoms with Crippen molar-refractivity contribution >= 4 is 28.2 Å². The van der Waals surface area contributed by atoms with E-state index in [1.54, 1.807) is 10.6 Å². The number of nitrogens with one attached hydrogen (secondary N) is 3. The van der Waals surface area contributed by atoms with Crippen molar-refractivity contribution in [3.8, 4) is 0 Å². The topological polar surface area (TPSA) is 95.4 Å². The molecular formula is C30H37FN4O3. The van der Waals surface area contributed by atoms with E-state index < -0.39 is 17.2 Å². The van der Waals surface area contributed by atoms with Gasteiger partial charge >= 0.3 is 5.97 Å². The number of benzene rings is 2. The number of pyridine rings is 1. The zero-order valence-corrected chi connectivity index (χ0v) is 22.5. The van der Waals surface area contributed by atoms with Gasteiger partial charge in [-0.3, -0.25) is 4.79 Å². The van der Waals surface area contributed by atoms with Gasteiger partial charge in [-0.2, -0.15) is 0 Å². The molecule has 2 atom stereocenters. The van der Waals surface area contributed by atoms with E-state index >= 15 is 4.39 Å². The number of hydrogen-bond acceptors (Lipinski definition) is 5. The molecule has 8 heteroatoms. The summed E-state index contributed by atoms with van der Waals surface area (Å²) in [7, 11) is 0. The van der Waals surface area contributed by atoms with Crippen LogP contribution in [0.15, 0.2) is 47.4 Å². The molecule has 5 rings (SSSR count). The normalized spacial score (nSPS) is 24.3. The van der Waals surface area contributed by atoms with Crippen molar-refractivity contribution in [1.82, 2.24) is 9.88 Å². The molecule has 2 saturated carbocycles. The highest BCUT2D eigenvalue weighted by Crippen LogP contribution is 2.44. The Labute approximate surface area is 222 Å². The number of halogens is 1. The van der Waals surface area contributed by atoms with E-state index in [1.165, 1.54) is 11.8 Å². The van der Waals surface area contributed by atoms with Crippen LogP contribution in [0.1, 0.15) is 81.3 Å². The molecule has 0 amide bonds. The number of rotatable bonds is 10. The Morgan fingerprint density at radius 1 is 1.24 bits per heavy atom. The van der Waals surface area contributed by atoms with Crippen LogP contribution in [0, 0.1) is 5.82 Å². The Morgan fingerprint density at radius 3 is 2.58 bits per heavy atom. The van der Waals surface area contributed by atoms with Crippen LogP contribution in [0.4, 0.5) is 15.8 Å². The Kier molecular flexibility index (Phi) is 6.94. The third-order valence-corrected chi connectivity index (χ3v) is 7.90. The summed E-state index contributed by atoms with van der Waals surface area (Å²) in [6.07, 6.45) is 4.95. The second kappa shape index (κ2) is 10.1. The van der Waals surface area contributed by atoms with E-state index in [0.29, 0.717) is 35.8 Å². The molecular weight excluding hydrogens is 483 g/mol. The summed E-state index contributed by atoms with van der Waals surface area (Å²) in [5.41, 5.74) is 0.939. The fraction of sp³-hybridized carbons (Fsp3) is 0.467. The highest BCUT2D eigenvalue weighted by molar-refractivity contribution is 6.00. The Balaban J connectivity index is 1.41. The zero-order valence-electron chi connectivity index (χ0n) is 22.5. The van der Waals surface area contributed by atoms with Crippen LogP contribution < -0.4 is 21.4 Å². The predicted octanol–water partition coefficient (Wildman–Crippen LogP) is 5.72. The molecule has 2 aromatic carbocycles. The van der Waals surface area contributed by atoms with Gasteiger partial charge in [0.1, 0.15) is 5.56 Å². The van der Waals surface area contributed by atoms with Crippen molar-refractivity contribution < 1.29 is 14.3 Å². The molecule has 202 valence electrons. The number of hydrogen-bond donors (Lipinski definition) is 4. The molecule has 4 N–H and O–H groups in total. The van der Waals surface area contributed by atoms with Gasteiger partial charge in [-0.25, -0.2) is 9.18 Å². The highest BCUT2D eigenvalue weighted by atomic mass is 19.1. The van der Waals surface area contributed by atoms with Crippen LogP contribution in [0.3, 0.4) is 0 Å². The lowest BCUT2D eigenvalue weighted by Crippen LogP contribution is -2.56. The van der Waals surface area contributed by atoms with Gasteiger partial charge < -0.3 is 25.6 Å². The van der Waals surface area contributed by atoms with E-state index in [2.05, 4.69) is 47.1 Å². The molecule has 0 bridgehead atoms. The quantitative estimate of drug-likeness (QED) is 0.273. The van der Waals surface area contributed by atoms with Crippen molar-refractivity contribution in [3.63, 3.8) is 0 Å². The Bertz CT molecular complexity index is 1410.